The molecule has 0 amide bonds. The Hall–Kier alpha value is -3.18. The highest BCUT2D eigenvalue weighted by Crippen LogP contribution is 2.38. The Labute approximate surface area is 260 Å². The zero-order valence-electron chi connectivity index (χ0n) is 27.4. The van der Waals surface area contributed by atoms with Gasteiger partial charge in [0.25, 0.3) is 0 Å². The fourth-order valence-electron chi connectivity index (χ4n) is 4.60. The average molecular weight is 619 g/mol. The summed E-state index contributed by atoms with van der Waals surface area (Å²) >= 11 is 0. The molecule has 2 rings (SSSR count). The number of ether oxygens (including phenoxy) is 4. The van der Waals surface area contributed by atoms with Crippen LogP contribution in [0.5, 0.6) is 23.0 Å². The number of hydrogen-bond acceptors (Lipinski definition) is 10. The fraction of sp³-hybridized carbons (Fsp3) is 0.588. The number of rotatable bonds is 15. The Morgan fingerprint density at radius 2 is 1.09 bits per heavy atom. The van der Waals surface area contributed by atoms with Crippen molar-refractivity contribution < 1.29 is 49.0 Å². The van der Waals surface area contributed by atoms with E-state index in [-0.39, 0.29) is 81.0 Å². The third-order valence-electron chi connectivity index (χ3n) is 7.19. The molecule has 0 aliphatic rings. The van der Waals surface area contributed by atoms with E-state index < -0.39 is 17.5 Å². The summed E-state index contributed by atoms with van der Waals surface area (Å²) in [7, 11) is 0. The first-order valence-electron chi connectivity index (χ1n) is 14.9. The molecule has 0 bridgehead atoms. The number of carbonyl (C=O) groups is 2. The van der Waals surface area contributed by atoms with Crippen LogP contribution in [0, 0.1) is 13.8 Å². The van der Waals surface area contributed by atoms with Crippen LogP contribution in [0.25, 0.3) is 0 Å². The third kappa shape index (κ3) is 11.4. The number of aliphatic hydroxyl groups is 2. The summed E-state index contributed by atoms with van der Waals surface area (Å²) in [6.07, 6.45) is -0.418. The molecule has 0 radical (unpaired) electrons. The molecule has 0 aliphatic heterocycles. The normalized spacial score (nSPS) is 12.3. The lowest BCUT2D eigenvalue weighted by molar-refractivity contribution is -0.139. The largest absolute Gasteiger partial charge is 0.507 e. The zero-order valence-corrected chi connectivity index (χ0v) is 27.4. The molecule has 10 nitrogen and oxygen atoms in total. The average Bonchev–Trinajstić information content (AvgIpc) is 2.91. The van der Waals surface area contributed by atoms with Crippen LogP contribution in [-0.4, -0.2) is 71.0 Å². The van der Waals surface area contributed by atoms with Crippen molar-refractivity contribution in [3.63, 3.8) is 0 Å². The minimum atomic E-state index is -1.56. The minimum absolute atomic E-state index is 0.0493. The molecule has 0 heterocycles. The van der Waals surface area contributed by atoms with Gasteiger partial charge in [-0.2, -0.15) is 0 Å². The smallest absolute Gasteiger partial charge is 0.311 e. The van der Waals surface area contributed by atoms with E-state index in [4.69, 9.17) is 24.1 Å². The van der Waals surface area contributed by atoms with Gasteiger partial charge in [-0.05, 0) is 72.9 Å². The number of aryl methyl sites for hydroxylation is 2. The number of hydrogen-bond donors (Lipinski definition) is 4. The van der Waals surface area contributed by atoms with Crippen molar-refractivity contribution >= 4 is 11.9 Å². The van der Waals surface area contributed by atoms with Gasteiger partial charge in [0.15, 0.2) is 0 Å². The molecule has 2 aromatic carbocycles. The monoisotopic (exact) mass is 618 g/mol. The summed E-state index contributed by atoms with van der Waals surface area (Å²) in [5.41, 5.74) is 0.125. The van der Waals surface area contributed by atoms with E-state index in [9.17, 15) is 24.9 Å². The number of aliphatic hydroxyl groups excluding tert-OH is 1. The van der Waals surface area contributed by atoms with Crippen LogP contribution < -0.4 is 9.47 Å². The molecule has 0 unspecified atom stereocenters. The SMILES string of the molecule is Cc1cc(OC(=O)CCC(O)(CCC(=O)Oc2cc(C)c(O)c(C(C)(C)C)c2)COCCOCCO)cc(C(C)(C)C)c1O. The Bertz CT molecular complexity index is 1180. The van der Waals surface area contributed by atoms with Crippen LogP contribution in [0.15, 0.2) is 24.3 Å². The first-order valence-corrected chi connectivity index (χ1v) is 14.9. The Balaban J connectivity index is 2.10. The first-order chi connectivity index (χ1) is 20.4. The Kier molecular flexibility index (Phi) is 13.2. The van der Waals surface area contributed by atoms with E-state index in [1.165, 1.54) is 0 Å². The molecule has 10 heteroatoms. The molecule has 0 saturated heterocycles. The molecular formula is C34H50O10. The number of phenols is 2. The number of phenolic OH excluding ortho intramolecular Hbond substituents is 2. The summed E-state index contributed by atoms with van der Waals surface area (Å²) in [6, 6.07) is 6.43. The van der Waals surface area contributed by atoms with Gasteiger partial charge in [0.1, 0.15) is 23.0 Å². The minimum Gasteiger partial charge on any atom is -0.507 e. The summed E-state index contributed by atoms with van der Waals surface area (Å²) in [5, 5.41) is 41.2. The van der Waals surface area contributed by atoms with E-state index in [1.807, 2.05) is 41.5 Å². The summed E-state index contributed by atoms with van der Waals surface area (Å²) in [5.74, 6) is -0.295. The van der Waals surface area contributed by atoms with Crippen molar-refractivity contribution in [1.29, 1.82) is 0 Å². The maximum absolute atomic E-state index is 12.8. The van der Waals surface area contributed by atoms with Gasteiger partial charge in [-0.3, -0.25) is 9.59 Å². The number of benzene rings is 2. The quantitative estimate of drug-likeness (QED) is 0.120. The van der Waals surface area contributed by atoms with Gasteiger partial charge in [0.05, 0.1) is 38.6 Å². The van der Waals surface area contributed by atoms with Gasteiger partial charge in [-0.25, -0.2) is 0 Å². The van der Waals surface area contributed by atoms with Crippen LogP contribution in [0.1, 0.15) is 89.5 Å². The third-order valence-corrected chi connectivity index (χ3v) is 7.19. The predicted molar refractivity (Wildman–Crippen MR) is 166 cm³/mol. The summed E-state index contributed by atoms with van der Waals surface area (Å²) < 4.78 is 21.9. The van der Waals surface area contributed by atoms with Crippen molar-refractivity contribution in [2.45, 2.75) is 97.5 Å². The summed E-state index contributed by atoms with van der Waals surface area (Å²) in [6.45, 7) is 15.3. The lowest BCUT2D eigenvalue weighted by atomic mass is 9.85. The van der Waals surface area contributed by atoms with Crippen LogP contribution in [0.4, 0.5) is 0 Å². The molecule has 2 aromatic rings. The highest BCUT2D eigenvalue weighted by Gasteiger charge is 2.31. The first kappa shape index (κ1) is 37.0. The second kappa shape index (κ2) is 15.7. The van der Waals surface area contributed by atoms with Gasteiger partial charge in [0, 0.05) is 24.0 Å². The second-order valence-electron chi connectivity index (χ2n) is 13.3. The maximum Gasteiger partial charge on any atom is 0.311 e. The van der Waals surface area contributed by atoms with Crippen LogP contribution in [0.2, 0.25) is 0 Å². The highest BCUT2D eigenvalue weighted by atomic mass is 16.5. The Morgan fingerprint density at radius 1 is 0.682 bits per heavy atom. The van der Waals surface area contributed by atoms with E-state index in [0.29, 0.717) is 33.8 Å². The van der Waals surface area contributed by atoms with Gasteiger partial charge < -0.3 is 39.4 Å². The standard InChI is InChI=1S/C34H50O10/c1-22-17-24(19-26(30(22)38)32(3,4)5)43-28(36)9-11-34(40,21-42-16-15-41-14-13-35)12-10-29(37)44-25-18-23(2)31(39)27(20-25)33(6,7)8/h17-20,35,38-40H,9-16,21H2,1-8H3. The molecule has 0 aliphatic carbocycles. The number of esters is 2. The van der Waals surface area contributed by atoms with Crippen molar-refractivity contribution in [3.05, 3.63) is 46.5 Å². The van der Waals surface area contributed by atoms with Gasteiger partial charge >= 0.3 is 11.9 Å². The van der Waals surface area contributed by atoms with Crippen molar-refractivity contribution in [2.24, 2.45) is 0 Å². The van der Waals surface area contributed by atoms with Crippen molar-refractivity contribution in [3.8, 4) is 23.0 Å². The molecule has 44 heavy (non-hydrogen) atoms. The Morgan fingerprint density at radius 3 is 1.48 bits per heavy atom. The van der Waals surface area contributed by atoms with E-state index in [2.05, 4.69) is 0 Å². The van der Waals surface area contributed by atoms with Crippen LogP contribution in [-0.2, 0) is 29.9 Å². The van der Waals surface area contributed by atoms with E-state index in [0.717, 1.165) is 0 Å². The van der Waals surface area contributed by atoms with Crippen LogP contribution >= 0.6 is 0 Å². The van der Waals surface area contributed by atoms with Gasteiger partial charge in [-0.15, -0.1) is 0 Å². The molecule has 0 atom stereocenters. The molecule has 0 saturated carbocycles. The van der Waals surface area contributed by atoms with E-state index in [1.54, 1.807) is 38.1 Å². The molecule has 246 valence electrons. The topological polar surface area (TPSA) is 152 Å². The number of aromatic hydroxyl groups is 2. The lowest BCUT2D eigenvalue weighted by Crippen LogP contribution is -2.37. The number of carbonyl (C=O) groups excluding carboxylic acids is 2. The predicted octanol–water partition coefficient (Wildman–Crippen LogP) is 5.14. The molecule has 0 fully saturated rings. The second-order valence-corrected chi connectivity index (χ2v) is 13.3. The van der Waals surface area contributed by atoms with Crippen molar-refractivity contribution in [2.75, 3.05) is 33.0 Å². The lowest BCUT2D eigenvalue weighted by Gasteiger charge is -2.28. The van der Waals surface area contributed by atoms with E-state index >= 15 is 0 Å². The molecule has 0 aromatic heterocycles. The van der Waals surface area contributed by atoms with Crippen LogP contribution in [0.3, 0.4) is 0 Å². The maximum atomic E-state index is 12.8. The van der Waals surface area contributed by atoms with Gasteiger partial charge in [-0.1, -0.05) is 41.5 Å². The van der Waals surface area contributed by atoms with Crippen molar-refractivity contribution in [1.82, 2.24) is 0 Å². The molecule has 0 spiro atoms. The molecular weight excluding hydrogens is 568 g/mol. The highest BCUT2D eigenvalue weighted by molar-refractivity contribution is 5.74. The molecule has 4 N–H and O–H groups in total. The fourth-order valence-corrected chi connectivity index (χ4v) is 4.60. The summed E-state index contributed by atoms with van der Waals surface area (Å²) in [4.78, 5) is 25.6. The van der Waals surface area contributed by atoms with Gasteiger partial charge in [0.2, 0.25) is 0 Å². The zero-order chi connectivity index (χ0) is 33.3.